The summed E-state index contributed by atoms with van der Waals surface area (Å²) < 4.78 is 17.0. The third-order valence-corrected chi connectivity index (χ3v) is 1.95. The maximum atomic E-state index is 12.6. The summed E-state index contributed by atoms with van der Waals surface area (Å²) in [6.07, 6.45) is -0.566. The second-order valence-corrected chi connectivity index (χ2v) is 3.03. The van der Waals surface area contributed by atoms with Gasteiger partial charge in [-0.1, -0.05) is 12.1 Å². The van der Waals surface area contributed by atoms with Gasteiger partial charge in [-0.2, -0.15) is 0 Å². The van der Waals surface area contributed by atoms with E-state index < -0.39 is 6.09 Å². The van der Waals surface area contributed by atoms with Crippen LogP contribution >= 0.6 is 0 Å². The highest BCUT2D eigenvalue weighted by atomic mass is 19.1. The van der Waals surface area contributed by atoms with Gasteiger partial charge in [0.1, 0.15) is 5.82 Å². The van der Waals surface area contributed by atoms with Gasteiger partial charge in [0.25, 0.3) is 0 Å². The van der Waals surface area contributed by atoms with Gasteiger partial charge in [0, 0.05) is 6.04 Å². The van der Waals surface area contributed by atoms with Crippen LogP contribution in [-0.4, -0.2) is 13.2 Å². The van der Waals surface area contributed by atoms with Gasteiger partial charge >= 0.3 is 6.09 Å². The van der Waals surface area contributed by atoms with Crippen LogP contribution in [0.4, 0.5) is 9.18 Å². The lowest BCUT2D eigenvalue weighted by Crippen LogP contribution is -2.38. The van der Waals surface area contributed by atoms with Gasteiger partial charge in [-0.05, 0) is 24.6 Å². The van der Waals surface area contributed by atoms with E-state index in [1.807, 2.05) is 6.92 Å². The van der Waals surface area contributed by atoms with Crippen LogP contribution in [0, 0.1) is 5.82 Å². The first-order chi connectivity index (χ1) is 7.13. The number of halogens is 1. The van der Waals surface area contributed by atoms with Crippen molar-refractivity contribution in [3.05, 3.63) is 35.6 Å². The van der Waals surface area contributed by atoms with E-state index in [0.717, 1.165) is 5.56 Å². The summed E-state index contributed by atoms with van der Waals surface area (Å²) in [4.78, 5) is 10.7. The van der Waals surface area contributed by atoms with E-state index in [2.05, 4.69) is 15.6 Å². The molecule has 0 spiro atoms. The zero-order valence-corrected chi connectivity index (χ0v) is 8.58. The molecule has 0 heterocycles. The number of ether oxygens (including phenoxy) is 1. The van der Waals surface area contributed by atoms with Crippen molar-refractivity contribution in [1.82, 2.24) is 10.9 Å². The number of nitrogens with one attached hydrogen (secondary N) is 2. The number of benzene rings is 1. The molecule has 1 unspecified atom stereocenters. The molecule has 0 fully saturated rings. The molecule has 0 saturated carbocycles. The van der Waals surface area contributed by atoms with Crippen molar-refractivity contribution in [3.63, 3.8) is 0 Å². The van der Waals surface area contributed by atoms with Crippen molar-refractivity contribution in [2.75, 3.05) is 7.11 Å². The molecule has 0 aliphatic heterocycles. The van der Waals surface area contributed by atoms with Crippen molar-refractivity contribution in [2.45, 2.75) is 13.0 Å². The lowest BCUT2D eigenvalue weighted by molar-refractivity contribution is 0.163. The fraction of sp³-hybridized carbons (Fsp3) is 0.300. The maximum absolute atomic E-state index is 12.6. The number of amides is 1. The van der Waals surface area contributed by atoms with E-state index in [9.17, 15) is 9.18 Å². The van der Waals surface area contributed by atoms with Gasteiger partial charge in [0.15, 0.2) is 0 Å². The number of hydrazine groups is 1. The van der Waals surface area contributed by atoms with Crippen LogP contribution in [0.25, 0.3) is 0 Å². The largest absolute Gasteiger partial charge is 0.452 e. The minimum absolute atomic E-state index is 0.121. The molecule has 1 aromatic rings. The summed E-state index contributed by atoms with van der Waals surface area (Å²) in [6, 6.07) is 5.90. The summed E-state index contributed by atoms with van der Waals surface area (Å²) >= 11 is 0. The van der Waals surface area contributed by atoms with Crippen LogP contribution in [0.15, 0.2) is 24.3 Å². The molecule has 5 heteroatoms. The summed E-state index contributed by atoms with van der Waals surface area (Å²) in [5.41, 5.74) is 5.93. The highest BCUT2D eigenvalue weighted by molar-refractivity contribution is 5.66. The minimum Gasteiger partial charge on any atom is -0.452 e. The molecule has 0 bridgehead atoms. The fourth-order valence-corrected chi connectivity index (χ4v) is 1.05. The molecule has 15 heavy (non-hydrogen) atoms. The standard InChI is InChI=1S/C10H13FN2O2/c1-7(12-13-10(14)15-2)8-3-5-9(11)6-4-8/h3-7,12H,1-2H3,(H,13,14). The molecule has 0 aliphatic carbocycles. The first-order valence-electron chi connectivity index (χ1n) is 4.48. The normalized spacial score (nSPS) is 11.9. The Labute approximate surface area is 87.4 Å². The summed E-state index contributed by atoms with van der Waals surface area (Å²) in [5.74, 6) is -0.285. The Morgan fingerprint density at radius 3 is 2.53 bits per heavy atom. The fourth-order valence-electron chi connectivity index (χ4n) is 1.05. The smallest absolute Gasteiger partial charge is 0.421 e. The third-order valence-electron chi connectivity index (χ3n) is 1.95. The van der Waals surface area contributed by atoms with Crippen molar-refractivity contribution in [1.29, 1.82) is 0 Å². The molecule has 0 aliphatic rings. The van der Waals surface area contributed by atoms with Gasteiger partial charge in [0.2, 0.25) is 0 Å². The van der Waals surface area contributed by atoms with E-state index in [-0.39, 0.29) is 11.9 Å². The van der Waals surface area contributed by atoms with Crippen LogP contribution in [-0.2, 0) is 4.74 Å². The van der Waals surface area contributed by atoms with Gasteiger partial charge < -0.3 is 4.74 Å². The van der Waals surface area contributed by atoms with Crippen LogP contribution in [0.3, 0.4) is 0 Å². The topological polar surface area (TPSA) is 50.4 Å². The molecule has 2 N–H and O–H groups in total. The Morgan fingerprint density at radius 1 is 1.40 bits per heavy atom. The summed E-state index contributed by atoms with van der Waals surface area (Å²) in [5, 5.41) is 0. The summed E-state index contributed by atoms with van der Waals surface area (Å²) in [7, 11) is 1.28. The number of methoxy groups -OCH3 is 1. The molecule has 1 amide bonds. The number of carbonyl (C=O) groups excluding carboxylic acids is 1. The molecule has 82 valence electrons. The minimum atomic E-state index is -0.566. The maximum Gasteiger partial charge on any atom is 0.421 e. The highest BCUT2D eigenvalue weighted by Crippen LogP contribution is 2.11. The Kier molecular flexibility index (Phi) is 4.05. The average Bonchev–Trinajstić information content (AvgIpc) is 2.26. The molecule has 0 radical (unpaired) electrons. The zero-order chi connectivity index (χ0) is 11.3. The second-order valence-electron chi connectivity index (χ2n) is 3.03. The molecule has 1 rings (SSSR count). The number of rotatable bonds is 3. The lowest BCUT2D eigenvalue weighted by Gasteiger charge is -2.14. The van der Waals surface area contributed by atoms with Crippen LogP contribution in [0.1, 0.15) is 18.5 Å². The van der Waals surface area contributed by atoms with Gasteiger partial charge in [-0.25, -0.2) is 14.6 Å². The van der Waals surface area contributed by atoms with Crippen molar-refractivity contribution < 1.29 is 13.9 Å². The van der Waals surface area contributed by atoms with Crippen LogP contribution in [0.2, 0.25) is 0 Å². The first-order valence-corrected chi connectivity index (χ1v) is 4.48. The predicted molar refractivity (Wildman–Crippen MR) is 53.5 cm³/mol. The van der Waals surface area contributed by atoms with Crippen LogP contribution in [0.5, 0.6) is 0 Å². The third kappa shape index (κ3) is 3.55. The average molecular weight is 212 g/mol. The molecule has 1 atom stereocenters. The molecular formula is C10H13FN2O2. The lowest BCUT2D eigenvalue weighted by atomic mass is 10.1. The quantitative estimate of drug-likeness (QED) is 0.750. The number of carbonyl (C=O) groups is 1. The van der Waals surface area contributed by atoms with E-state index in [1.54, 1.807) is 12.1 Å². The van der Waals surface area contributed by atoms with Crippen LogP contribution < -0.4 is 10.9 Å². The monoisotopic (exact) mass is 212 g/mol. The van der Waals surface area contributed by atoms with E-state index >= 15 is 0 Å². The Balaban J connectivity index is 2.50. The summed E-state index contributed by atoms with van der Waals surface area (Å²) in [6.45, 7) is 1.84. The molecule has 1 aromatic carbocycles. The van der Waals surface area contributed by atoms with E-state index in [1.165, 1.54) is 19.2 Å². The molecule has 0 saturated heterocycles. The predicted octanol–water partition coefficient (Wildman–Crippen LogP) is 1.75. The van der Waals surface area contributed by atoms with E-state index in [4.69, 9.17) is 0 Å². The van der Waals surface area contributed by atoms with Crippen molar-refractivity contribution in [3.8, 4) is 0 Å². The second kappa shape index (κ2) is 5.31. The Bertz CT molecular complexity index is 327. The van der Waals surface area contributed by atoms with Gasteiger partial charge in [-0.15, -0.1) is 0 Å². The Hall–Kier alpha value is -1.62. The Morgan fingerprint density at radius 2 is 2.00 bits per heavy atom. The number of hydrogen-bond acceptors (Lipinski definition) is 3. The highest BCUT2D eigenvalue weighted by Gasteiger charge is 2.06. The first kappa shape index (κ1) is 11.5. The van der Waals surface area contributed by atoms with Gasteiger partial charge in [0.05, 0.1) is 7.11 Å². The van der Waals surface area contributed by atoms with Gasteiger partial charge in [-0.3, -0.25) is 5.43 Å². The molecule has 0 aromatic heterocycles. The molecular weight excluding hydrogens is 199 g/mol. The van der Waals surface area contributed by atoms with Crippen molar-refractivity contribution >= 4 is 6.09 Å². The number of hydrogen-bond donors (Lipinski definition) is 2. The van der Waals surface area contributed by atoms with E-state index in [0.29, 0.717) is 0 Å². The SMILES string of the molecule is COC(=O)NNC(C)c1ccc(F)cc1. The zero-order valence-electron chi connectivity index (χ0n) is 8.58. The molecule has 4 nitrogen and oxygen atoms in total. The van der Waals surface area contributed by atoms with Crippen molar-refractivity contribution in [2.24, 2.45) is 0 Å².